The molecule has 3 heterocycles. The van der Waals surface area contributed by atoms with Gasteiger partial charge in [0.05, 0.1) is 35.8 Å². The van der Waals surface area contributed by atoms with Crippen molar-refractivity contribution in [3.05, 3.63) is 89.9 Å². The van der Waals surface area contributed by atoms with Gasteiger partial charge in [0.1, 0.15) is 5.76 Å². The summed E-state index contributed by atoms with van der Waals surface area (Å²) in [5, 5.41) is 0. The second kappa shape index (κ2) is 8.20. The van der Waals surface area contributed by atoms with Crippen molar-refractivity contribution in [2.45, 2.75) is 36.6 Å². The van der Waals surface area contributed by atoms with Crippen molar-refractivity contribution in [1.29, 1.82) is 0 Å². The molecule has 1 N–H and O–H groups in total. The molecule has 166 valence electrons. The van der Waals surface area contributed by atoms with Gasteiger partial charge in [0.2, 0.25) is 15.9 Å². The summed E-state index contributed by atoms with van der Waals surface area (Å²) in [4.78, 5) is 15.4. The highest BCUT2D eigenvalue weighted by Gasteiger charge is 2.52. The third-order valence-electron chi connectivity index (χ3n) is 6.14. The molecule has 2 aliphatic rings. The average Bonchev–Trinajstić information content (AvgIpc) is 3.52. The number of fused-ring (bicyclic) bond motifs is 1. The van der Waals surface area contributed by atoms with Crippen molar-refractivity contribution in [3.63, 3.8) is 0 Å². The summed E-state index contributed by atoms with van der Waals surface area (Å²) in [5.74, 6) is -0.326. The van der Waals surface area contributed by atoms with Crippen LogP contribution in [-0.4, -0.2) is 31.9 Å². The average molecular weight is 453 g/mol. The SMILES string of the molecule is Cc1ccc(S(=O)(=O)NC(c2ccco2)[C@@H]2C[C@H]3CO[C@H](c4ccccc4)N3C2=O)cc1. The summed E-state index contributed by atoms with van der Waals surface area (Å²) in [5.41, 5.74) is 1.86. The maximum Gasteiger partial charge on any atom is 0.241 e. The van der Waals surface area contributed by atoms with Crippen molar-refractivity contribution >= 4 is 15.9 Å². The number of hydrogen-bond acceptors (Lipinski definition) is 5. The summed E-state index contributed by atoms with van der Waals surface area (Å²) in [6, 6.07) is 18.7. The van der Waals surface area contributed by atoms with Crippen LogP contribution < -0.4 is 4.72 Å². The molecular weight excluding hydrogens is 428 g/mol. The van der Waals surface area contributed by atoms with Gasteiger partial charge in [-0.15, -0.1) is 0 Å². The lowest BCUT2D eigenvalue weighted by Gasteiger charge is -2.25. The Morgan fingerprint density at radius 1 is 1.03 bits per heavy atom. The fraction of sp³-hybridized carbons (Fsp3) is 0.292. The van der Waals surface area contributed by atoms with Crippen molar-refractivity contribution in [3.8, 4) is 0 Å². The molecule has 3 aromatic rings. The minimum atomic E-state index is -3.86. The molecule has 1 unspecified atom stereocenters. The maximum absolute atomic E-state index is 13.5. The van der Waals surface area contributed by atoms with Gasteiger partial charge in [0.25, 0.3) is 0 Å². The Bertz CT molecular complexity index is 1190. The Morgan fingerprint density at radius 2 is 1.78 bits per heavy atom. The Hall–Kier alpha value is -2.94. The molecule has 7 nitrogen and oxygen atoms in total. The topological polar surface area (TPSA) is 88.8 Å². The molecular formula is C24H24N2O5S. The number of sulfonamides is 1. The molecule has 2 fully saturated rings. The summed E-state index contributed by atoms with van der Waals surface area (Å²) in [6.45, 7) is 2.31. The number of ether oxygens (including phenoxy) is 1. The van der Waals surface area contributed by atoms with Crippen LogP contribution in [0.15, 0.2) is 82.3 Å². The Morgan fingerprint density at radius 3 is 2.47 bits per heavy atom. The van der Waals surface area contributed by atoms with E-state index in [1.165, 1.54) is 6.26 Å². The third kappa shape index (κ3) is 3.74. The van der Waals surface area contributed by atoms with Crippen LogP contribution in [0.2, 0.25) is 0 Å². The van der Waals surface area contributed by atoms with Crippen molar-refractivity contribution in [1.82, 2.24) is 9.62 Å². The van der Waals surface area contributed by atoms with Gasteiger partial charge in [-0.2, -0.15) is 4.72 Å². The van der Waals surface area contributed by atoms with Crippen LogP contribution in [-0.2, 0) is 19.6 Å². The number of aryl methyl sites for hydroxylation is 1. The standard InChI is InChI=1S/C24H24N2O5S/c1-16-9-11-19(12-10-16)32(28,29)25-22(21-8-5-13-30-21)20-14-18-15-31-24(26(18)23(20)27)17-6-3-2-4-7-17/h2-13,18,20,22,24-25H,14-15H2,1H3/t18-,20-,22?,24+/m0/s1. The van der Waals surface area contributed by atoms with E-state index in [0.717, 1.165) is 11.1 Å². The number of carbonyl (C=O) groups is 1. The Labute approximate surface area is 187 Å². The fourth-order valence-electron chi connectivity index (χ4n) is 4.53. The number of hydrogen-bond donors (Lipinski definition) is 1. The van der Waals surface area contributed by atoms with Crippen LogP contribution >= 0.6 is 0 Å². The van der Waals surface area contributed by atoms with Gasteiger partial charge < -0.3 is 14.1 Å². The number of nitrogens with one attached hydrogen (secondary N) is 1. The molecule has 0 saturated carbocycles. The Kier molecular flexibility index (Phi) is 5.36. The molecule has 1 amide bonds. The van der Waals surface area contributed by atoms with Crippen LogP contribution in [0.25, 0.3) is 0 Å². The molecule has 32 heavy (non-hydrogen) atoms. The zero-order valence-electron chi connectivity index (χ0n) is 17.5. The van der Waals surface area contributed by atoms with E-state index in [1.54, 1.807) is 41.3 Å². The third-order valence-corrected chi connectivity index (χ3v) is 7.60. The molecule has 5 rings (SSSR count). The van der Waals surface area contributed by atoms with Crippen LogP contribution in [0, 0.1) is 12.8 Å². The molecule has 0 aliphatic carbocycles. The number of benzene rings is 2. The maximum atomic E-state index is 13.5. The van der Waals surface area contributed by atoms with Crippen molar-refractivity contribution in [2.24, 2.45) is 5.92 Å². The lowest BCUT2D eigenvalue weighted by molar-refractivity contribution is -0.138. The van der Waals surface area contributed by atoms with Crippen LogP contribution in [0.4, 0.5) is 0 Å². The smallest absolute Gasteiger partial charge is 0.241 e. The molecule has 8 heteroatoms. The van der Waals surface area contributed by atoms with Gasteiger partial charge in [0.15, 0.2) is 6.23 Å². The van der Waals surface area contributed by atoms with Gasteiger partial charge >= 0.3 is 0 Å². The molecule has 0 radical (unpaired) electrons. The number of rotatable bonds is 6. The highest BCUT2D eigenvalue weighted by atomic mass is 32.2. The quantitative estimate of drug-likeness (QED) is 0.618. The molecule has 2 saturated heterocycles. The predicted octanol–water partition coefficient (Wildman–Crippen LogP) is 3.55. The Balaban J connectivity index is 1.45. The lowest BCUT2D eigenvalue weighted by atomic mass is 9.95. The zero-order valence-corrected chi connectivity index (χ0v) is 18.4. The predicted molar refractivity (Wildman–Crippen MR) is 117 cm³/mol. The zero-order chi connectivity index (χ0) is 22.3. The fourth-order valence-corrected chi connectivity index (χ4v) is 5.77. The number of carbonyl (C=O) groups excluding carboxylic acids is 1. The van der Waals surface area contributed by atoms with E-state index in [-0.39, 0.29) is 16.8 Å². The first-order chi connectivity index (χ1) is 15.4. The van der Waals surface area contributed by atoms with E-state index >= 15 is 0 Å². The summed E-state index contributed by atoms with van der Waals surface area (Å²) >= 11 is 0. The van der Waals surface area contributed by atoms with Crippen molar-refractivity contribution in [2.75, 3.05) is 6.61 Å². The van der Waals surface area contributed by atoms with Crippen molar-refractivity contribution < 1.29 is 22.4 Å². The second-order valence-electron chi connectivity index (χ2n) is 8.27. The molecule has 1 aromatic heterocycles. The summed E-state index contributed by atoms with van der Waals surface area (Å²) in [7, 11) is -3.86. The largest absolute Gasteiger partial charge is 0.468 e. The van der Waals surface area contributed by atoms with E-state index in [9.17, 15) is 13.2 Å². The van der Waals surface area contributed by atoms with Gasteiger partial charge in [-0.05, 0) is 37.6 Å². The second-order valence-corrected chi connectivity index (χ2v) is 9.98. The van der Waals surface area contributed by atoms with Crippen LogP contribution in [0.3, 0.4) is 0 Å². The minimum Gasteiger partial charge on any atom is -0.468 e. The van der Waals surface area contributed by atoms with E-state index in [2.05, 4.69) is 4.72 Å². The highest BCUT2D eigenvalue weighted by molar-refractivity contribution is 7.89. The first-order valence-electron chi connectivity index (χ1n) is 10.6. The molecule has 2 aromatic carbocycles. The molecule has 4 atom stereocenters. The van der Waals surface area contributed by atoms with E-state index in [1.807, 2.05) is 37.3 Å². The number of furan rings is 1. The number of nitrogens with zero attached hydrogens (tertiary/aromatic N) is 1. The van der Waals surface area contributed by atoms with E-state index in [4.69, 9.17) is 9.15 Å². The molecule has 0 spiro atoms. The van der Waals surface area contributed by atoms with E-state index < -0.39 is 28.2 Å². The van der Waals surface area contributed by atoms with Crippen LogP contribution in [0.5, 0.6) is 0 Å². The lowest BCUT2D eigenvalue weighted by Crippen LogP contribution is -2.38. The summed E-state index contributed by atoms with van der Waals surface area (Å²) in [6.07, 6.45) is 1.49. The first kappa shape index (κ1) is 20.9. The first-order valence-corrected chi connectivity index (χ1v) is 12.0. The summed E-state index contributed by atoms with van der Waals surface area (Å²) < 4.78 is 40.5. The van der Waals surface area contributed by atoms with Crippen LogP contribution in [0.1, 0.15) is 35.6 Å². The van der Waals surface area contributed by atoms with Gasteiger partial charge in [-0.25, -0.2) is 8.42 Å². The normalized spacial score (nSPS) is 24.0. The van der Waals surface area contributed by atoms with Gasteiger partial charge in [0, 0.05) is 5.56 Å². The molecule has 0 bridgehead atoms. The van der Waals surface area contributed by atoms with Gasteiger partial charge in [-0.1, -0.05) is 48.0 Å². The number of amides is 1. The van der Waals surface area contributed by atoms with E-state index in [0.29, 0.717) is 18.8 Å². The molecule has 2 aliphatic heterocycles. The monoisotopic (exact) mass is 452 g/mol. The highest BCUT2D eigenvalue weighted by Crippen LogP contribution is 2.44. The minimum absolute atomic E-state index is 0.112. The van der Waals surface area contributed by atoms with Gasteiger partial charge in [-0.3, -0.25) is 4.79 Å².